The lowest BCUT2D eigenvalue weighted by molar-refractivity contribution is -0.118. The van der Waals surface area contributed by atoms with Crippen molar-refractivity contribution in [3.05, 3.63) is 41.3 Å². The van der Waals surface area contributed by atoms with E-state index in [1.165, 1.54) is 42.3 Å². The third-order valence-electron chi connectivity index (χ3n) is 5.81. The predicted octanol–water partition coefficient (Wildman–Crippen LogP) is 4.21. The lowest BCUT2D eigenvalue weighted by Gasteiger charge is -2.23. The molecule has 2 aliphatic rings. The summed E-state index contributed by atoms with van der Waals surface area (Å²) in [5, 5.41) is 0.0518. The summed E-state index contributed by atoms with van der Waals surface area (Å²) < 4.78 is 34.8. The molecule has 1 amide bonds. The van der Waals surface area contributed by atoms with Gasteiger partial charge in [0.2, 0.25) is 12.2 Å². The number of anilines is 2. The molecule has 0 bridgehead atoms. The average Bonchev–Trinajstić information content (AvgIpc) is 3.46. The third kappa shape index (κ3) is 5.28. The summed E-state index contributed by atoms with van der Waals surface area (Å²) in [5.74, 6) is 0.740. The molecule has 32 heavy (non-hydrogen) atoms. The molecule has 1 aromatic heterocycles. The Morgan fingerprint density at radius 2 is 1.88 bits per heavy atom. The van der Waals surface area contributed by atoms with Gasteiger partial charge in [-0.2, -0.15) is 0 Å². The van der Waals surface area contributed by atoms with E-state index < -0.39 is 16.1 Å². The molecular weight excluding hydrogens is 454 g/mol. The SMILES string of the molecule is CS(=O)(=O)c1ccc(N(C(=O)CCC2CCCC2)c2cnc(C3OCCO3)cn2)cc1Cl. The number of rotatable bonds is 7. The number of ether oxygens (including phenoxy) is 2. The normalized spacial score (nSPS) is 17.7. The Labute approximate surface area is 192 Å². The number of amides is 1. The average molecular weight is 480 g/mol. The summed E-state index contributed by atoms with van der Waals surface area (Å²) in [4.78, 5) is 23.5. The van der Waals surface area contributed by atoms with Crippen molar-refractivity contribution in [3.63, 3.8) is 0 Å². The summed E-state index contributed by atoms with van der Waals surface area (Å²) in [6, 6.07) is 4.45. The van der Waals surface area contributed by atoms with E-state index in [9.17, 15) is 13.2 Å². The third-order valence-corrected chi connectivity index (χ3v) is 7.39. The molecule has 0 N–H and O–H groups in total. The van der Waals surface area contributed by atoms with Crippen molar-refractivity contribution in [2.75, 3.05) is 24.4 Å². The first kappa shape index (κ1) is 23.1. The highest BCUT2D eigenvalue weighted by Crippen LogP contribution is 2.33. The number of carbonyl (C=O) groups is 1. The van der Waals surface area contributed by atoms with Crippen molar-refractivity contribution in [2.24, 2.45) is 5.92 Å². The molecule has 1 saturated carbocycles. The van der Waals surface area contributed by atoms with E-state index in [2.05, 4.69) is 9.97 Å². The Morgan fingerprint density at radius 1 is 1.16 bits per heavy atom. The van der Waals surface area contributed by atoms with E-state index >= 15 is 0 Å². The summed E-state index contributed by atoms with van der Waals surface area (Å²) in [6.45, 7) is 0.982. The van der Waals surface area contributed by atoms with Crippen LogP contribution in [-0.4, -0.2) is 43.8 Å². The van der Waals surface area contributed by atoms with Crippen LogP contribution in [0.5, 0.6) is 0 Å². The van der Waals surface area contributed by atoms with Crippen molar-refractivity contribution in [1.82, 2.24) is 9.97 Å². The molecule has 0 spiro atoms. The van der Waals surface area contributed by atoms with Crippen LogP contribution in [0.25, 0.3) is 0 Å². The maximum atomic E-state index is 13.3. The van der Waals surface area contributed by atoms with Gasteiger partial charge >= 0.3 is 0 Å². The second-order valence-electron chi connectivity index (χ2n) is 8.18. The summed E-state index contributed by atoms with van der Waals surface area (Å²) in [6.07, 6.45) is 9.43. The Hall–Kier alpha value is -2.07. The maximum absolute atomic E-state index is 13.3. The van der Waals surface area contributed by atoms with E-state index in [4.69, 9.17) is 21.1 Å². The minimum absolute atomic E-state index is 0.0123. The number of nitrogens with zero attached hydrogens (tertiary/aromatic N) is 3. The van der Waals surface area contributed by atoms with Gasteiger partial charge in [0, 0.05) is 12.7 Å². The van der Waals surface area contributed by atoms with Crippen molar-refractivity contribution in [3.8, 4) is 0 Å². The van der Waals surface area contributed by atoms with Gasteiger partial charge in [-0.15, -0.1) is 0 Å². The number of aromatic nitrogens is 2. The molecule has 1 aliphatic carbocycles. The molecule has 2 heterocycles. The van der Waals surface area contributed by atoms with E-state index in [1.54, 1.807) is 6.07 Å². The standard InChI is InChI=1S/C22H26ClN3O5S/c1-32(28,29)19-8-7-16(12-17(19)23)26(21(27)9-6-15-4-2-3-5-15)20-14-24-18(13-25-20)22-30-10-11-31-22/h7-8,12-15,22H,2-6,9-11H2,1H3. The quantitative estimate of drug-likeness (QED) is 0.586. The van der Waals surface area contributed by atoms with Gasteiger partial charge in [-0.3, -0.25) is 14.7 Å². The number of benzene rings is 1. The number of hydrogen-bond acceptors (Lipinski definition) is 7. The van der Waals surface area contributed by atoms with E-state index in [0.717, 1.165) is 25.5 Å². The van der Waals surface area contributed by atoms with Gasteiger partial charge in [-0.25, -0.2) is 13.4 Å². The Kier molecular flexibility index (Phi) is 7.09. The molecule has 1 saturated heterocycles. The van der Waals surface area contributed by atoms with Crippen LogP contribution in [0, 0.1) is 5.92 Å². The van der Waals surface area contributed by atoms with Crippen molar-refractivity contribution < 1.29 is 22.7 Å². The van der Waals surface area contributed by atoms with E-state index in [-0.39, 0.29) is 15.8 Å². The van der Waals surface area contributed by atoms with Gasteiger partial charge in [-0.05, 0) is 30.5 Å². The van der Waals surface area contributed by atoms with Crippen LogP contribution in [-0.2, 0) is 24.1 Å². The minimum atomic E-state index is -3.49. The van der Waals surface area contributed by atoms with Crippen LogP contribution < -0.4 is 4.90 Å². The molecule has 172 valence electrons. The lowest BCUT2D eigenvalue weighted by Crippen LogP contribution is -2.27. The van der Waals surface area contributed by atoms with Gasteiger partial charge in [0.25, 0.3) is 0 Å². The number of halogens is 1. The summed E-state index contributed by atoms with van der Waals surface area (Å²) in [5.41, 5.74) is 0.962. The monoisotopic (exact) mass is 479 g/mol. The Morgan fingerprint density at radius 3 is 2.47 bits per heavy atom. The van der Waals surface area contributed by atoms with E-state index in [0.29, 0.717) is 42.8 Å². The lowest BCUT2D eigenvalue weighted by atomic mass is 10.0. The summed E-state index contributed by atoms with van der Waals surface area (Å²) in [7, 11) is -3.49. The number of sulfone groups is 1. The molecule has 8 nitrogen and oxygen atoms in total. The van der Waals surface area contributed by atoms with Crippen LogP contribution >= 0.6 is 11.6 Å². The fourth-order valence-electron chi connectivity index (χ4n) is 4.17. The largest absolute Gasteiger partial charge is 0.345 e. The first-order valence-electron chi connectivity index (χ1n) is 10.7. The Balaban J connectivity index is 1.63. The molecule has 1 aromatic carbocycles. The highest BCUT2D eigenvalue weighted by Gasteiger charge is 2.25. The van der Waals surface area contributed by atoms with Crippen LogP contribution in [0.2, 0.25) is 5.02 Å². The van der Waals surface area contributed by atoms with Crippen LogP contribution in [0.1, 0.15) is 50.5 Å². The molecule has 0 radical (unpaired) electrons. The predicted molar refractivity (Wildman–Crippen MR) is 120 cm³/mol. The molecule has 2 fully saturated rings. The van der Waals surface area contributed by atoms with Crippen molar-refractivity contribution in [1.29, 1.82) is 0 Å². The zero-order valence-corrected chi connectivity index (χ0v) is 19.4. The maximum Gasteiger partial charge on any atom is 0.232 e. The van der Waals surface area contributed by atoms with Gasteiger partial charge in [0.05, 0.1) is 41.2 Å². The Bertz CT molecular complexity index is 1070. The van der Waals surface area contributed by atoms with Gasteiger partial charge in [-0.1, -0.05) is 37.3 Å². The van der Waals surface area contributed by atoms with Gasteiger partial charge in [0.15, 0.2) is 15.7 Å². The molecule has 10 heteroatoms. The minimum Gasteiger partial charge on any atom is -0.345 e. The second kappa shape index (κ2) is 9.82. The highest BCUT2D eigenvalue weighted by atomic mass is 35.5. The van der Waals surface area contributed by atoms with Crippen LogP contribution in [0.3, 0.4) is 0 Å². The highest BCUT2D eigenvalue weighted by molar-refractivity contribution is 7.90. The van der Waals surface area contributed by atoms with Crippen LogP contribution in [0.4, 0.5) is 11.5 Å². The van der Waals surface area contributed by atoms with Crippen LogP contribution in [0.15, 0.2) is 35.5 Å². The fourth-order valence-corrected chi connectivity index (χ4v) is 5.49. The molecular formula is C22H26ClN3O5S. The van der Waals surface area contributed by atoms with Crippen molar-refractivity contribution >= 4 is 38.9 Å². The fraction of sp³-hybridized carbons (Fsp3) is 0.500. The first-order chi connectivity index (χ1) is 15.3. The first-order valence-corrected chi connectivity index (χ1v) is 13.0. The molecule has 1 aliphatic heterocycles. The number of carbonyl (C=O) groups excluding carboxylic acids is 1. The van der Waals surface area contributed by atoms with Gasteiger partial charge < -0.3 is 9.47 Å². The zero-order chi connectivity index (χ0) is 22.7. The van der Waals surface area contributed by atoms with Crippen molar-refractivity contribution in [2.45, 2.75) is 49.7 Å². The zero-order valence-electron chi connectivity index (χ0n) is 17.9. The number of hydrogen-bond donors (Lipinski definition) is 0. The molecule has 4 rings (SSSR count). The smallest absolute Gasteiger partial charge is 0.232 e. The van der Waals surface area contributed by atoms with Gasteiger partial charge in [0.1, 0.15) is 5.69 Å². The topological polar surface area (TPSA) is 98.7 Å². The molecule has 2 aromatic rings. The summed E-state index contributed by atoms with van der Waals surface area (Å²) >= 11 is 6.26. The second-order valence-corrected chi connectivity index (χ2v) is 10.6. The molecule has 0 unspecified atom stereocenters. The molecule has 0 atom stereocenters. The van der Waals surface area contributed by atoms with E-state index in [1.807, 2.05) is 0 Å².